The maximum Gasteiger partial charge on any atom is 0.408 e. The molecule has 0 unspecified atom stereocenters. The summed E-state index contributed by atoms with van der Waals surface area (Å²) in [4.78, 5) is 24.7. The second-order valence-electron chi connectivity index (χ2n) is 7.02. The number of halogens is 2. The fourth-order valence-corrected chi connectivity index (χ4v) is 3.19. The summed E-state index contributed by atoms with van der Waals surface area (Å²) in [5, 5.41) is 2.65. The molecule has 5 nitrogen and oxygen atoms in total. The molecule has 1 aromatic carbocycles. The van der Waals surface area contributed by atoms with Crippen molar-refractivity contribution in [3.05, 3.63) is 33.5 Å². The predicted octanol–water partition coefficient (Wildman–Crippen LogP) is 5.05. The first-order chi connectivity index (χ1) is 12.0. The van der Waals surface area contributed by atoms with Crippen LogP contribution in [0.1, 0.15) is 58.2 Å². The number of nitrogens with one attached hydrogen (secondary N) is 1. The number of ether oxygens (including phenoxy) is 2. The highest BCUT2D eigenvalue weighted by Crippen LogP contribution is 2.32. The number of benzene rings is 1. The van der Waals surface area contributed by atoms with Crippen LogP contribution < -0.4 is 5.32 Å². The van der Waals surface area contributed by atoms with E-state index in [4.69, 9.17) is 9.47 Å². The number of amides is 1. The second-order valence-corrected chi connectivity index (χ2v) is 7.93. The van der Waals surface area contributed by atoms with Crippen LogP contribution >= 0.6 is 15.9 Å². The van der Waals surface area contributed by atoms with Gasteiger partial charge >= 0.3 is 12.1 Å². The Bertz CT molecular complexity index is 658. The highest BCUT2D eigenvalue weighted by atomic mass is 79.9. The molecule has 1 aromatic rings. The summed E-state index contributed by atoms with van der Waals surface area (Å²) in [5.74, 6) is -1.71. The lowest BCUT2D eigenvalue weighted by Gasteiger charge is -2.28. The molecule has 1 amide bonds. The van der Waals surface area contributed by atoms with E-state index in [2.05, 4.69) is 21.2 Å². The number of hydrogen-bond donors (Lipinski definition) is 1. The normalized spacial score (nSPS) is 13.7. The molecule has 7 heteroatoms. The lowest BCUT2D eigenvalue weighted by Crippen LogP contribution is -2.40. The van der Waals surface area contributed by atoms with Gasteiger partial charge < -0.3 is 14.8 Å². The Kier molecular flexibility index (Phi) is 8.06. The highest BCUT2D eigenvalue weighted by molar-refractivity contribution is 9.10. The fraction of sp³-hybridized carbons (Fsp3) is 0.579. The molecule has 0 radical (unpaired) electrons. The number of esters is 1. The topological polar surface area (TPSA) is 64.6 Å². The van der Waals surface area contributed by atoms with Crippen molar-refractivity contribution < 1.29 is 23.5 Å². The van der Waals surface area contributed by atoms with Crippen LogP contribution in [0.3, 0.4) is 0 Å². The zero-order valence-corrected chi connectivity index (χ0v) is 17.7. The summed E-state index contributed by atoms with van der Waals surface area (Å²) in [5.41, 5.74) is -0.0989. The van der Waals surface area contributed by atoms with Crippen LogP contribution in [-0.2, 0) is 14.3 Å². The number of rotatable bonds is 6. The van der Waals surface area contributed by atoms with Crippen LogP contribution in [-0.4, -0.2) is 24.3 Å². The van der Waals surface area contributed by atoms with E-state index in [0.29, 0.717) is 16.5 Å². The second kappa shape index (κ2) is 9.35. The Morgan fingerprint density at radius 3 is 2.38 bits per heavy atom. The van der Waals surface area contributed by atoms with Crippen LogP contribution in [0.15, 0.2) is 16.6 Å². The molecule has 1 rings (SSSR count). The molecule has 0 spiro atoms. The molecule has 0 bridgehead atoms. The third-order valence-electron chi connectivity index (χ3n) is 3.69. The third kappa shape index (κ3) is 6.27. The highest BCUT2D eigenvalue weighted by Gasteiger charge is 2.34. The molecule has 146 valence electrons. The average Bonchev–Trinajstić information content (AvgIpc) is 2.49. The van der Waals surface area contributed by atoms with Crippen molar-refractivity contribution in [2.75, 3.05) is 6.61 Å². The number of alkyl carbamates (subject to hydrolysis) is 1. The van der Waals surface area contributed by atoms with Gasteiger partial charge in [-0.2, -0.15) is 0 Å². The van der Waals surface area contributed by atoms with Crippen LogP contribution in [0.5, 0.6) is 0 Å². The predicted molar refractivity (Wildman–Crippen MR) is 101 cm³/mol. The van der Waals surface area contributed by atoms with E-state index in [1.165, 1.54) is 0 Å². The van der Waals surface area contributed by atoms with Crippen molar-refractivity contribution in [3.63, 3.8) is 0 Å². The number of hydrogen-bond acceptors (Lipinski definition) is 4. The van der Waals surface area contributed by atoms with Crippen LogP contribution in [0.2, 0.25) is 0 Å². The van der Waals surface area contributed by atoms with Gasteiger partial charge in [0.2, 0.25) is 0 Å². The molecule has 0 aliphatic heterocycles. The van der Waals surface area contributed by atoms with E-state index in [1.807, 2.05) is 0 Å². The molecular weight excluding hydrogens is 405 g/mol. The Balaban J connectivity index is 3.33. The van der Waals surface area contributed by atoms with Gasteiger partial charge in [-0.15, -0.1) is 0 Å². The minimum Gasteiger partial charge on any atom is -0.466 e. The zero-order chi connectivity index (χ0) is 20.1. The number of carbonyl (C=O) groups excluding carboxylic acids is 2. The Morgan fingerprint density at radius 2 is 1.88 bits per heavy atom. The molecule has 0 saturated carbocycles. The van der Waals surface area contributed by atoms with Crippen LogP contribution in [0.25, 0.3) is 0 Å². The fourth-order valence-electron chi connectivity index (χ4n) is 2.60. The number of carbonyl (C=O) groups is 2. The SMILES string of the molecule is CCOC(=O)[C@@H](CC)[C@H](NC(=O)OC(C)(C)C)c1cc(Br)cc(C)c1F. The maximum atomic E-state index is 14.8. The maximum absolute atomic E-state index is 14.8. The summed E-state index contributed by atoms with van der Waals surface area (Å²) in [6, 6.07) is 2.28. The van der Waals surface area contributed by atoms with Gasteiger partial charge in [0.25, 0.3) is 0 Å². The van der Waals surface area contributed by atoms with E-state index >= 15 is 0 Å². The Labute approximate surface area is 162 Å². The summed E-state index contributed by atoms with van der Waals surface area (Å²) < 4.78 is 25.9. The van der Waals surface area contributed by atoms with Gasteiger partial charge in [0.15, 0.2) is 0 Å². The van der Waals surface area contributed by atoms with Crippen molar-refractivity contribution in [1.29, 1.82) is 0 Å². The Morgan fingerprint density at radius 1 is 1.27 bits per heavy atom. The largest absolute Gasteiger partial charge is 0.466 e. The van der Waals surface area contributed by atoms with Gasteiger partial charge in [-0.05, 0) is 58.7 Å². The summed E-state index contributed by atoms with van der Waals surface area (Å²) in [6.45, 7) is 10.5. The van der Waals surface area contributed by atoms with Gasteiger partial charge in [0.05, 0.1) is 18.6 Å². The molecule has 0 aliphatic carbocycles. The van der Waals surface area contributed by atoms with E-state index in [0.717, 1.165) is 0 Å². The summed E-state index contributed by atoms with van der Waals surface area (Å²) in [7, 11) is 0. The van der Waals surface area contributed by atoms with Crippen LogP contribution in [0.4, 0.5) is 9.18 Å². The van der Waals surface area contributed by atoms with E-state index in [-0.39, 0.29) is 12.2 Å². The molecule has 0 aromatic heterocycles. The zero-order valence-electron chi connectivity index (χ0n) is 16.1. The molecule has 0 aliphatic rings. The summed E-state index contributed by atoms with van der Waals surface area (Å²) in [6.07, 6.45) is -0.355. The van der Waals surface area contributed by atoms with Crippen molar-refractivity contribution in [2.24, 2.45) is 5.92 Å². The third-order valence-corrected chi connectivity index (χ3v) is 4.14. The minimum absolute atomic E-state index is 0.203. The smallest absolute Gasteiger partial charge is 0.408 e. The minimum atomic E-state index is -0.912. The Hall–Kier alpha value is -1.63. The van der Waals surface area contributed by atoms with Crippen molar-refractivity contribution in [1.82, 2.24) is 5.32 Å². The molecule has 2 atom stereocenters. The molecule has 0 heterocycles. The molecule has 0 saturated heterocycles. The van der Waals surface area contributed by atoms with Gasteiger partial charge in [-0.25, -0.2) is 9.18 Å². The average molecular weight is 432 g/mol. The van der Waals surface area contributed by atoms with Crippen molar-refractivity contribution in [2.45, 2.75) is 59.6 Å². The number of aryl methyl sites for hydroxylation is 1. The van der Waals surface area contributed by atoms with Gasteiger partial charge in [-0.1, -0.05) is 22.9 Å². The standard InChI is InChI=1S/C19H27BrFNO4/c1-7-13(17(23)25-8-2)16(22-18(24)26-19(4,5)6)14-10-12(20)9-11(3)15(14)21/h9-10,13,16H,7-8H2,1-6H3,(H,22,24)/t13-,16-/m0/s1. The van der Waals surface area contributed by atoms with E-state index in [9.17, 15) is 14.0 Å². The van der Waals surface area contributed by atoms with E-state index in [1.54, 1.807) is 53.7 Å². The van der Waals surface area contributed by atoms with E-state index < -0.39 is 35.4 Å². The van der Waals surface area contributed by atoms with Crippen molar-refractivity contribution >= 4 is 28.0 Å². The van der Waals surface area contributed by atoms with Crippen LogP contribution in [0, 0.1) is 18.7 Å². The molecule has 0 fully saturated rings. The molecule has 1 N–H and O–H groups in total. The lowest BCUT2D eigenvalue weighted by molar-refractivity contribution is -0.149. The monoisotopic (exact) mass is 431 g/mol. The molecule has 26 heavy (non-hydrogen) atoms. The lowest BCUT2D eigenvalue weighted by atomic mass is 9.89. The van der Waals surface area contributed by atoms with Gasteiger partial charge in [0.1, 0.15) is 11.4 Å². The first kappa shape index (κ1) is 22.4. The van der Waals surface area contributed by atoms with Crippen molar-refractivity contribution in [3.8, 4) is 0 Å². The van der Waals surface area contributed by atoms with Gasteiger partial charge in [-0.3, -0.25) is 4.79 Å². The first-order valence-electron chi connectivity index (χ1n) is 8.61. The first-order valence-corrected chi connectivity index (χ1v) is 9.41. The summed E-state index contributed by atoms with van der Waals surface area (Å²) >= 11 is 3.34. The quantitative estimate of drug-likeness (QED) is 0.639. The molecular formula is C19H27BrFNO4. The van der Waals surface area contributed by atoms with Gasteiger partial charge in [0, 0.05) is 10.0 Å².